The number of carbonyl (C=O) groups excluding carboxylic acids is 2. The molecule has 2 amide bonds. The lowest BCUT2D eigenvalue weighted by Crippen LogP contribution is -2.46. The summed E-state index contributed by atoms with van der Waals surface area (Å²) in [6.45, 7) is 12.4. The van der Waals surface area contributed by atoms with Crippen LogP contribution in [0.4, 0.5) is 0 Å². The van der Waals surface area contributed by atoms with Crippen LogP contribution < -0.4 is 0 Å². The number of rotatable bonds is 11. The largest absolute Gasteiger partial charge is 0.383 e. The van der Waals surface area contributed by atoms with Gasteiger partial charge in [-0.25, -0.2) is 0 Å². The first kappa shape index (κ1) is 28.2. The third kappa shape index (κ3) is 7.80. The fraction of sp³-hybridized carbons (Fsp3) is 0.419. The number of aromatic nitrogens is 1. The first-order valence-electron chi connectivity index (χ1n) is 13.0. The Morgan fingerprint density at radius 1 is 0.946 bits per heavy atom. The molecular formula is C31H41N3O3. The van der Waals surface area contributed by atoms with E-state index in [1.54, 1.807) is 12.0 Å². The molecule has 0 bridgehead atoms. The number of amides is 2. The average molecular weight is 504 g/mol. The summed E-state index contributed by atoms with van der Waals surface area (Å²) in [5.41, 5.74) is 4.00. The monoisotopic (exact) mass is 503 g/mol. The molecule has 0 aliphatic carbocycles. The minimum absolute atomic E-state index is 0.000783. The summed E-state index contributed by atoms with van der Waals surface area (Å²) in [5, 5.41) is 0. The zero-order chi connectivity index (χ0) is 27.0. The van der Waals surface area contributed by atoms with Gasteiger partial charge < -0.3 is 19.1 Å². The molecular weight excluding hydrogens is 462 g/mol. The quantitative estimate of drug-likeness (QED) is 0.354. The Kier molecular flexibility index (Phi) is 9.70. The van der Waals surface area contributed by atoms with Gasteiger partial charge in [-0.3, -0.25) is 9.59 Å². The van der Waals surface area contributed by atoms with Gasteiger partial charge in [-0.2, -0.15) is 0 Å². The molecule has 0 spiro atoms. The number of nitrogens with zero attached hydrogens (tertiary/aromatic N) is 3. The van der Waals surface area contributed by atoms with Crippen molar-refractivity contribution < 1.29 is 14.3 Å². The maximum absolute atomic E-state index is 13.6. The van der Waals surface area contributed by atoms with Crippen molar-refractivity contribution in [3.05, 3.63) is 95.3 Å². The van der Waals surface area contributed by atoms with E-state index in [9.17, 15) is 9.59 Å². The highest BCUT2D eigenvalue weighted by Gasteiger charge is 2.25. The number of methoxy groups -OCH3 is 1. The molecule has 3 aromatic rings. The molecule has 2 aromatic carbocycles. The fourth-order valence-electron chi connectivity index (χ4n) is 4.26. The van der Waals surface area contributed by atoms with Crippen LogP contribution in [0.3, 0.4) is 0 Å². The van der Waals surface area contributed by atoms with Gasteiger partial charge in [0.1, 0.15) is 6.54 Å². The molecule has 1 heterocycles. The minimum Gasteiger partial charge on any atom is -0.383 e. The third-order valence-electron chi connectivity index (χ3n) is 6.57. The van der Waals surface area contributed by atoms with Crippen LogP contribution in [0.15, 0.2) is 72.9 Å². The lowest BCUT2D eigenvalue weighted by atomic mass is 9.86. The lowest BCUT2D eigenvalue weighted by molar-refractivity contribution is -0.134. The van der Waals surface area contributed by atoms with E-state index in [2.05, 4.69) is 43.5 Å². The summed E-state index contributed by atoms with van der Waals surface area (Å²) in [6.07, 6.45) is 2.04. The standard InChI is InChI=1S/C31H41N3O3/c1-24(2)34(22-28-13-10-18-32(28)21-25-11-8-7-9-12-25)29(35)23-33(19-20-37-6)30(36)26-14-16-27(17-15-26)31(3,4)5/h7-18,24H,19-23H2,1-6H3. The van der Waals surface area contributed by atoms with Crippen molar-refractivity contribution in [3.8, 4) is 0 Å². The van der Waals surface area contributed by atoms with Gasteiger partial charge in [0.05, 0.1) is 13.2 Å². The van der Waals surface area contributed by atoms with Crippen molar-refractivity contribution in [3.63, 3.8) is 0 Å². The Balaban J connectivity index is 1.75. The number of hydrogen-bond acceptors (Lipinski definition) is 3. The topological polar surface area (TPSA) is 54.8 Å². The van der Waals surface area contributed by atoms with Crippen molar-refractivity contribution in [1.82, 2.24) is 14.4 Å². The van der Waals surface area contributed by atoms with Crippen LogP contribution >= 0.6 is 0 Å². The van der Waals surface area contributed by atoms with E-state index in [1.807, 2.05) is 73.5 Å². The highest BCUT2D eigenvalue weighted by Crippen LogP contribution is 2.22. The Hall–Kier alpha value is -3.38. The molecule has 1 aromatic heterocycles. The molecule has 0 aliphatic heterocycles. The molecule has 0 unspecified atom stereocenters. The predicted molar refractivity (Wildman–Crippen MR) is 149 cm³/mol. The minimum atomic E-state index is -0.165. The van der Waals surface area contributed by atoms with E-state index in [-0.39, 0.29) is 29.8 Å². The molecule has 0 N–H and O–H groups in total. The van der Waals surface area contributed by atoms with Crippen LogP contribution in [0.5, 0.6) is 0 Å². The van der Waals surface area contributed by atoms with Gasteiger partial charge in [0.15, 0.2) is 0 Å². The average Bonchev–Trinajstić information content (AvgIpc) is 3.31. The summed E-state index contributed by atoms with van der Waals surface area (Å²) in [5.74, 6) is -0.250. The Labute approximate surface area is 221 Å². The smallest absolute Gasteiger partial charge is 0.254 e. The Bertz CT molecular complexity index is 1140. The van der Waals surface area contributed by atoms with Crippen molar-refractivity contribution >= 4 is 11.8 Å². The normalized spacial score (nSPS) is 11.5. The first-order valence-corrected chi connectivity index (χ1v) is 13.0. The molecule has 0 saturated heterocycles. The summed E-state index contributed by atoms with van der Waals surface area (Å²) < 4.78 is 7.42. The van der Waals surface area contributed by atoms with Crippen molar-refractivity contribution in [2.45, 2.75) is 59.2 Å². The van der Waals surface area contributed by atoms with Crippen LogP contribution in [0, 0.1) is 0 Å². The number of ether oxygens (including phenoxy) is 1. The third-order valence-corrected chi connectivity index (χ3v) is 6.57. The first-order chi connectivity index (χ1) is 17.6. The van der Waals surface area contributed by atoms with Gasteiger partial charge in [0.25, 0.3) is 5.91 Å². The van der Waals surface area contributed by atoms with Gasteiger partial charge in [-0.1, -0.05) is 63.2 Å². The highest BCUT2D eigenvalue weighted by atomic mass is 16.5. The van der Waals surface area contributed by atoms with Crippen molar-refractivity contribution in [2.24, 2.45) is 0 Å². The summed E-state index contributed by atoms with van der Waals surface area (Å²) >= 11 is 0. The number of carbonyl (C=O) groups is 2. The van der Waals surface area contributed by atoms with Crippen LogP contribution in [-0.4, -0.2) is 59.0 Å². The molecule has 0 radical (unpaired) electrons. The van der Waals surface area contributed by atoms with Gasteiger partial charge in [0, 0.05) is 43.7 Å². The summed E-state index contributed by atoms with van der Waals surface area (Å²) in [4.78, 5) is 30.4. The molecule has 0 atom stereocenters. The van der Waals surface area contributed by atoms with Crippen LogP contribution in [0.2, 0.25) is 0 Å². The second kappa shape index (κ2) is 12.7. The summed E-state index contributed by atoms with van der Waals surface area (Å²) in [7, 11) is 1.60. The van der Waals surface area contributed by atoms with Crippen LogP contribution in [0.25, 0.3) is 0 Å². The van der Waals surface area contributed by atoms with Gasteiger partial charge in [-0.05, 0) is 54.7 Å². The maximum atomic E-state index is 13.6. The van der Waals surface area contributed by atoms with E-state index in [4.69, 9.17) is 4.74 Å². The van der Waals surface area contributed by atoms with Gasteiger partial charge in [-0.15, -0.1) is 0 Å². The lowest BCUT2D eigenvalue weighted by Gasteiger charge is -2.31. The molecule has 3 rings (SSSR count). The zero-order valence-corrected chi connectivity index (χ0v) is 23.1. The second-order valence-electron chi connectivity index (χ2n) is 10.8. The number of benzene rings is 2. The van der Waals surface area contributed by atoms with Gasteiger partial charge >= 0.3 is 0 Å². The predicted octanol–water partition coefficient (Wildman–Crippen LogP) is 5.36. The molecule has 6 heteroatoms. The Morgan fingerprint density at radius 2 is 1.62 bits per heavy atom. The second-order valence-corrected chi connectivity index (χ2v) is 10.8. The van der Waals surface area contributed by atoms with E-state index >= 15 is 0 Å². The van der Waals surface area contributed by atoms with E-state index < -0.39 is 0 Å². The summed E-state index contributed by atoms with van der Waals surface area (Å²) in [6, 6.07) is 22.0. The molecule has 0 saturated carbocycles. The fourth-order valence-corrected chi connectivity index (χ4v) is 4.26. The van der Waals surface area contributed by atoms with Crippen molar-refractivity contribution in [2.75, 3.05) is 26.8 Å². The molecule has 198 valence electrons. The molecule has 0 fully saturated rings. The van der Waals surface area contributed by atoms with Gasteiger partial charge in [0.2, 0.25) is 5.91 Å². The molecule has 6 nitrogen and oxygen atoms in total. The van der Waals surface area contributed by atoms with Crippen LogP contribution in [-0.2, 0) is 28.0 Å². The molecule has 0 aliphatic rings. The van der Waals surface area contributed by atoms with E-state index in [0.717, 1.165) is 17.8 Å². The molecule has 37 heavy (non-hydrogen) atoms. The maximum Gasteiger partial charge on any atom is 0.254 e. The number of hydrogen-bond donors (Lipinski definition) is 0. The highest BCUT2D eigenvalue weighted by molar-refractivity contribution is 5.96. The zero-order valence-electron chi connectivity index (χ0n) is 23.1. The Morgan fingerprint density at radius 3 is 2.22 bits per heavy atom. The SMILES string of the molecule is COCCN(CC(=O)N(Cc1cccn1Cc1ccccc1)C(C)C)C(=O)c1ccc(C(C)(C)C)cc1. The van der Waals surface area contributed by atoms with Crippen molar-refractivity contribution in [1.29, 1.82) is 0 Å². The van der Waals surface area contributed by atoms with E-state index in [0.29, 0.717) is 25.3 Å². The van der Waals surface area contributed by atoms with E-state index in [1.165, 1.54) is 5.56 Å². The van der Waals surface area contributed by atoms with Crippen LogP contribution in [0.1, 0.15) is 61.8 Å².